The van der Waals surface area contributed by atoms with Crippen LogP contribution in [0.25, 0.3) is 11.4 Å². The monoisotopic (exact) mass is 476 g/mol. The highest BCUT2D eigenvalue weighted by atomic mass is 16.7. The molecule has 9 nitrogen and oxygen atoms in total. The fourth-order valence-electron chi connectivity index (χ4n) is 3.34. The van der Waals surface area contributed by atoms with Crippen LogP contribution in [0.1, 0.15) is 34.8 Å². The Hall–Kier alpha value is -3.97. The number of imidazole rings is 1. The minimum Gasteiger partial charge on any atom is -0.359 e. The number of nitrogens with one attached hydrogen (secondary N) is 3. The van der Waals surface area contributed by atoms with Crippen molar-refractivity contribution in [3.63, 3.8) is 0 Å². The van der Waals surface area contributed by atoms with Gasteiger partial charge in [0.1, 0.15) is 12.6 Å². The molecule has 1 aromatic heterocycles. The van der Waals surface area contributed by atoms with Crippen molar-refractivity contribution in [2.75, 3.05) is 20.5 Å². The lowest BCUT2D eigenvalue weighted by Crippen LogP contribution is -2.41. The van der Waals surface area contributed by atoms with Crippen LogP contribution in [0.3, 0.4) is 0 Å². The number of methoxy groups -OCH3 is 1. The molecule has 0 bridgehead atoms. The summed E-state index contributed by atoms with van der Waals surface area (Å²) in [6.45, 7) is 1.87. The zero-order valence-electron chi connectivity index (χ0n) is 19.6. The molecule has 35 heavy (non-hydrogen) atoms. The van der Waals surface area contributed by atoms with E-state index in [1.165, 1.54) is 7.11 Å². The summed E-state index contributed by atoms with van der Waals surface area (Å²) in [6, 6.07) is 14.2. The SMILES string of the molecule is COCOC[C@H](C[C@H](C)C(=O)NO)NC(=O)c1ccc(C#Cc2ccc(-c3ncc[nH]3)cc2)cc1. The van der Waals surface area contributed by atoms with Gasteiger partial charge in [-0.1, -0.05) is 30.9 Å². The highest BCUT2D eigenvalue weighted by Gasteiger charge is 2.21. The molecule has 9 heteroatoms. The molecule has 0 saturated carbocycles. The van der Waals surface area contributed by atoms with Crippen LogP contribution in [0.2, 0.25) is 0 Å². The minimum atomic E-state index is -0.533. The Kier molecular flexibility index (Phi) is 9.57. The lowest BCUT2D eigenvalue weighted by Gasteiger charge is -2.21. The number of H-pyrrole nitrogens is 1. The molecule has 0 radical (unpaired) electrons. The summed E-state index contributed by atoms with van der Waals surface area (Å²) in [5.41, 5.74) is 4.69. The van der Waals surface area contributed by atoms with Gasteiger partial charge in [-0.3, -0.25) is 14.8 Å². The highest BCUT2D eigenvalue weighted by Crippen LogP contribution is 2.15. The van der Waals surface area contributed by atoms with Gasteiger partial charge in [-0.15, -0.1) is 0 Å². The summed E-state index contributed by atoms with van der Waals surface area (Å²) in [5.74, 6) is 5.65. The lowest BCUT2D eigenvalue weighted by atomic mass is 10.0. The molecule has 4 N–H and O–H groups in total. The molecule has 0 unspecified atom stereocenters. The van der Waals surface area contributed by atoms with Gasteiger partial charge in [0.25, 0.3) is 5.91 Å². The van der Waals surface area contributed by atoms with E-state index in [2.05, 4.69) is 27.1 Å². The number of hydrogen-bond donors (Lipinski definition) is 4. The fourth-order valence-corrected chi connectivity index (χ4v) is 3.34. The Balaban J connectivity index is 1.61. The predicted molar refractivity (Wildman–Crippen MR) is 129 cm³/mol. The Morgan fingerprint density at radius 2 is 1.74 bits per heavy atom. The standard InChI is InChI=1S/C26H28N4O5/c1-18(25(31)30-33)15-23(16-35-17-34-2)29-26(32)22-11-7-20(8-12-22)4-3-19-5-9-21(10-6-19)24-27-13-14-28-24/h5-14,18,23,33H,15-17H2,1-2H3,(H,27,28)(H,29,32)(H,30,31)/t18-,23-/m0/s1. The van der Waals surface area contributed by atoms with Crippen LogP contribution < -0.4 is 10.8 Å². The first-order chi connectivity index (χ1) is 17.0. The molecule has 182 valence electrons. The van der Waals surface area contributed by atoms with E-state index in [0.29, 0.717) is 5.56 Å². The molecule has 3 rings (SSSR count). The third-order valence-corrected chi connectivity index (χ3v) is 5.21. The van der Waals surface area contributed by atoms with E-state index in [1.54, 1.807) is 49.1 Å². The van der Waals surface area contributed by atoms with E-state index in [1.807, 2.05) is 24.3 Å². The summed E-state index contributed by atoms with van der Waals surface area (Å²) in [6.07, 6.45) is 3.77. The molecule has 2 atom stereocenters. The van der Waals surface area contributed by atoms with Crippen LogP contribution in [0.5, 0.6) is 0 Å². The largest absolute Gasteiger partial charge is 0.359 e. The van der Waals surface area contributed by atoms with E-state index in [0.717, 1.165) is 22.5 Å². The van der Waals surface area contributed by atoms with Crippen LogP contribution in [-0.2, 0) is 14.3 Å². The average Bonchev–Trinajstić information content (AvgIpc) is 3.42. The van der Waals surface area contributed by atoms with Gasteiger partial charge in [-0.2, -0.15) is 0 Å². The number of benzene rings is 2. The average molecular weight is 477 g/mol. The van der Waals surface area contributed by atoms with Crippen molar-refractivity contribution in [2.45, 2.75) is 19.4 Å². The molecule has 0 fully saturated rings. The van der Waals surface area contributed by atoms with E-state index in [9.17, 15) is 9.59 Å². The third-order valence-electron chi connectivity index (χ3n) is 5.21. The highest BCUT2D eigenvalue weighted by molar-refractivity contribution is 5.94. The van der Waals surface area contributed by atoms with Crippen molar-refractivity contribution < 1.29 is 24.3 Å². The summed E-state index contributed by atoms with van der Waals surface area (Å²) < 4.78 is 10.2. The van der Waals surface area contributed by atoms with Crippen LogP contribution in [0.15, 0.2) is 60.9 Å². The molecule has 2 amide bonds. The maximum Gasteiger partial charge on any atom is 0.251 e. The van der Waals surface area contributed by atoms with Gasteiger partial charge < -0.3 is 19.8 Å². The number of hydrogen-bond acceptors (Lipinski definition) is 6. The summed E-state index contributed by atoms with van der Waals surface area (Å²) in [5, 5.41) is 11.7. The first-order valence-corrected chi connectivity index (χ1v) is 11.0. The normalized spacial score (nSPS) is 12.2. The van der Waals surface area contributed by atoms with Gasteiger partial charge in [0.2, 0.25) is 5.91 Å². The lowest BCUT2D eigenvalue weighted by molar-refractivity contribution is -0.133. The van der Waals surface area contributed by atoms with Crippen molar-refractivity contribution in [3.8, 4) is 23.2 Å². The maximum atomic E-state index is 12.7. The molecule has 0 saturated heterocycles. The number of aromatic amines is 1. The van der Waals surface area contributed by atoms with E-state index in [-0.39, 0.29) is 25.7 Å². The first-order valence-electron chi connectivity index (χ1n) is 11.0. The van der Waals surface area contributed by atoms with Crippen LogP contribution in [0, 0.1) is 17.8 Å². The number of ether oxygens (including phenoxy) is 2. The molecule has 2 aromatic carbocycles. The summed E-state index contributed by atoms with van der Waals surface area (Å²) >= 11 is 0. The zero-order valence-corrected chi connectivity index (χ0v) is 19.6. The van der Waals surface area contributed by atoms with Gasteiger partial charge >= 0.3 is 0 Å². The van der Waals surface area contributed by atoms with Gasteiger partial charge in [0.15, 0.2) is 0 Å². The minimum absolute atomic E-state index is 0.0614. The zero-order chi connectivity index (χ0) is 25.0. The molecular weight excluding hydrogens is 448 g/mol. The van der Waals surface area contributed by atoms with Crippen molar-refractivity contribution in [1.82, 2.24) is 20.8 Å². The summed E-state index contributed by atoms with van der Waals surface area (Å²) in [4.78, 5) is 31.7. The van der Waals surface area contributed by atoms with Crippen LogP contribution >= 0.6 is 0 Å². The van der Waals surface area contributed by atoms with Crippen molar-refractivity contribution in [1.29, 1.82) is 0 Å². The Bertz CT molecular complexity index is 1150. The number of rotatable bonds is 10. The third kappa shape index (κ3) is 7.79. The molecular formula is C26H28N4O5. The van der Waals surface area contributed by atoms with Gasteiger partial charge in [0, 0.05) is 47.7 Å². The molecule has 0 aliphatic carbocycles. The number of carbonyl (C=O) groups is 2. The number of amides is 2. The molecule has 0 spiro atoms. The van der Waals surface area contributed by atoms with E-state index in [4.69, 9.17) is 14.7 Å². The number of nitrogens with zero attached hydrogens (tertiary/aromatic N) is 1. The fraction of sp³-hybridized carbons (Fsp3) is 0.269. The Morgan fingerprint density at radius 3 is 2.31 bits per heavy atom. The second-order valence-electron chi connectivity index (χ2n) is 7.90. The number of hydroxylamine groups is 1. The van der Waals surface area contributed by atoms with Gasteiger partial charge in [0.05, 0.1) is 12.6 Å². The Morgan fingerprint density at radius 1 is 1.09 bits per heavy atom. The van der Waals surface area contributed by atoms with Crippen molar-refractivity contribution in [3.05, 3.63) is 77.6 Å². The van der Waals surface area contributed by atoms with Crippen LogP contribution in [0.4, 0.5) is 0 Å². The van der Waals surface area contributed by atoms with Gasteiger partial charge in [-0.25, -0.2) is 10.5 Å². The second kappa shape index (κ2) is 13.1. The van der Waals surface area contributed by atoms with Crippen LogP contribution in [-0.4, -0.2) is 53.5 Å². The second-order valence-corrected chi connectivity index (χ2v) is 7.90. The molecule has 0 aliphatic rings. The quantitative estimate of drug-likeness (QED) is 0.117. The summed E-state index contributed by atoms with van der Waals surface area (Å²) in [7, 11) is 1.50. The number of carbonyl (C=O) groups excluding carboxylic acids is 2. The molecule has 3 aromatic rings. The predicted octanol–water partition coefficient (Wildman–Crippen LogP) is 2.73. The van der Waals surface area contributed by atoms with E-state index >= 15 is 0 Å². The Labute approximate surface area is 203 Å². The molecule has 0 aliphatic heterocycles. The first kappa shape index (κ1) is 25.6. The number of aromatic nitrogens is 2. The van der Waals surface area contributed by atoms with E-state index < -0.39 is 17.9 Å². The maximum absolute atomic E-state index is 12.7. The topological polar surface area (TPSA) is 126 Å². The van der Waals surface area contributed by atoms with Gasteiger partial charge in [-0.05, 0) is 42.8 Å². The van der Waals surface area contributed by atoms with Crippen molar-refractivity contribution >= 4 is 11.8 Å². The smallest absolute Gasteiger partial charge is 0.251 e. The molecule has 1 heterocycles. The van der Waals surface area contributed by atoms with Crippen molar-refractivity contribution in [2.24, 2.45) is 5.92 Å².